The highest BCUT2D eigenvalue weighted by Crippen LogP contribution is 2.38. The molecule has 0 spiro atoms. The molecule has 4 nitrogen and oxygen atoms in total. The number of rotatable bonds is 3. The number of anilines is 2. The topological polar surface area (TPSA) is 45.2 Å². The van der Waals surface area contributed by atoms with Crippen LogP contribution in [-0.4, -0.2) is 10.9 Å². The summed E-state index contributed by atoms with van der Waals surface area (Å²) in [4.78, 5) is 18.8. The Hall–Kier alpha value is -3.35. The van der Waals surface area contributed by atoms with Crippen molar-refractivity contribution in [2.24, 2.45) is 0 Å². The number of aromatic nitrogens is 1. The summed E-state index contributed by atoms with van der Waals surface area (Å²) in [7, 11) is 0. The molecule has 0 bridgehead atoms. The number of pyridine rings is 1. The number of amides is 1. The minimum absolute atomic E-state index is 0.252. The van der Waals surface area contributed by atoms with Crippen molar-refractivity contribution in [3.63, 3.8) is 0 Å². The van der Waals surface area contributed by atoms with Crippen molar-refractivity contribution in [2.45, 2.75) is 19.3 Å². The van der Waals surface area contributed by atoms with Crippen molar-refractivity contribution in [3.8, 4) is 0 Å². The molecule has 0 aliphatic carbocycles. The Bertz CT molecular complexity index is 1050. The number of hydrogen-bond donors (Lipinski definition) is 1. The maximum absolute atomic E-state index is 13.1. The van der Waals surface area contributed by atoms with Gasteiger partial charge >= 0.3 is 6.18 Å². The van der Waals surface area contributed by atoms with Gasteiger partial charge in [-0.05, 0) is 48.9 Å². The van der Waals surface area contributed by atoms with E-state index in [4.69, 9.17) is 0 Å². The second-order valence-electron chi connectivity index (χ2n) is 6.58. The first-order valence-corrected chi connectivity index (χ1v) is 8.63. The lowest BCUT2D eigenvalue weighted by atomic mass is 10.1. The Morgan fingerprint density at radius 3 is 2.57 bits per heavy atom. The molecule has 1 N–H and O–H groups in total. The number of alkyl halides is 3. The largest absolute Gasteiger partial charge is 0.416 e. The molecule has 2 aromatic carbocycles. The number of halogens is 3. The van der Waals surface area contributed by atoms with Gasteiger partial charge in [-0.1, -0.05) is 24.3 Å². The van der Waals surface area contributed by atoms with Crippen LogP contribution in [0.4, 0.5) is 24.7 Å². The SMILES string of the molecule is Cc1ccnc(N2C(=O)c3ccccc3[C@H]2Nc2cccc(C(F)(F)F)c2)c1. The van der Waals surface area contributed by atoms with Gasteiger partial charge in [0.05, 0.1) is 5.56 Å². The highest BCUT2D eigenvalue weighted by atomic mass is 19.4. The van der Waals surface area contributed by atoms with Gasteiger partial charge in [0.25, 0.3) is 5.91 Å². The average molecular weight is 383 g/mol. The van der Waals surface area contributed by atoms with Crippen LogP contribution in [0.3, 0.4) is 0 Å². The van der Waals surface area contributed by atoms with Gasteiger partial charge in [-0.15, -0.1) is 0 Å². The molecule has 2 heterocycles. The summed E-state index contributed by atoms with van der Waals surface area (Å²) < 4.78 is 39.2. The summed E-state index contributed by atoms with van der Waals surface area (Å²) >= 11 is 0. The molecule has 1 aromatic heterocycles. The third kappa shape index (κ3) is 3.19. The summed E-state index contributed by atoms with van der Waals surface area (Å²) in [5.74, 6) is 0.184. The first-order valence-electron chi connectivity index (χ1n) is 8.63. The summed E-state index contributed by atoms with van der Waals surface area (Å²) in [6.07, 6.45) is -3.51. The molecule has 4 rings (SSSR count). The van der Waals surface area contributed by atoms with Crippen LogP contribution in [0.25, 0.3) is 0 Å². The summed E-state index contributed by atoms with van der Waals surface area (Å²) in [5.41, 5.74) is 1.62. The standard InChI is InChI=1S/C21H16F3N3O/c1-13-9-10-25-18(11-13)27-19(16-7-2-3-8-17(16)20(27)28)26-15-6-4-5-14(12-15)21(22,23)24/h2-12,19,26H,1H3/t19-/m0/s1. The van der Waals surface area contributed by atoms with Crippen molar-refractivity contribution in [1.82, 2.24) is 4.98 Å². The number of carbonyl (C=O) groups excluding carboxylic acids is 1. The van der Waals surface area contributed by atoms with Crippen molar-refractivity contribution >= 4 is 17.4 Å². The van der Waals surface area contributed by atoms with Crippen LogP contribution in [0.1, 0.15) is 33.2 Å². The van der Waals surface area contributed by atoms with Crippen molar-refractivity contribution in [3.05, 3.63) is 89.1 Å². The number of nitrogens with zero attached hydrogens (tertiary/aromatic N) is 2. The third-order valence-corrected chi connectivity index (χ3v) is 4.60. The predicted molar refractivity (Wildman–Crippen MR) is 100 cm³/mol. The highest BCUT2D eigenvalue weighted by molar-refractivity contribution is 6.11. The minimum atomic E-state index is -4.45. The van der Waals surface area contributed by atoms with E-state index >= 15 is 0 Å². The van der Waals surface area contributed by atoms with Gasteiger partial charge in [-0.25, -0.2) is 4.98 Å². The van der Waals surface area contributed by atoms with Crippen LogP contribution in [0.5, 0.6) is 0 Å². The van der Waals surface area contributed by atoms with Crippen LogP contribution in [0.15, 0.2) is 66.9 Å². The Balaban J connectivity index is 1.77. The van der Waals surface area contributed by atoms with E-state index < -0.39 is 17.9 Å². The van der Waals surface area contributed by atoms with Crippen LogP contribution < -0.4 is 10.2 Å². The van der Waals surface area contributed by atoms with Gasteiger partial charge in [0.2, 0.25) is 0 Å². The third-order valence-electron chi connectivity index (χ3n) is 4.60. The molecule has 1 aliphatic heterocycles. The normalized spacial score (nSPS) is 16.2. The second kappa shape index (κ2) is 6.67. The number of fused-ring (bicyclic) bond motifs is 1. The van der Waals surface area contributed by atoms with E-state index in [1.54, 1.807) is 42.6 Å². The van der Waals surface area contributed by atoms with Gasteiger partial charge < -0.3 is 5.32 Å². The van der Waals surface area contributed by atoms with Crippen LogP contribution in [-0.2, 0) is 6.18 Å². The zero-order chi connectivity index (χ0) is 19.9. The van der Waals surface area contributed by atoms with Gasteiger partial charge in [0.1, 0.15) is 12.0 Å². The first-order chi connectivity index (χ1) is 13.3. The molecule has 0 saturated carbocycles. The Labute approximate surface area is 159 Å². The van der Waals surface area contributed by atoms with Gasteiger partial charge in [0.15, 0.2) is 0 Å². The van der Waals surface area contributed by atoms with Crippen LogP contribution in [0.2, 0.25) is 0 Å². The van der Waals surface area contributed by atoms with Crippen LogP contribution >= 0.6 is 0 Å². The Morgan fingerprint density at radius 1 is 1.04 bits per heavy atom. The number of carbonyl (C=O) groups is 1. The maximum atomic E-state index is 13.1. The summed E-state index contributed by atoms with van der Waals surface area (Å²) in [5, 5.41) is 3.07. The highest BCUT2D eigenvalue weighted by Gasteiger charge is 2.38. The Kier molecular flexibility index (Phi) is 4.30. The lowest BCUT2D eigenvalue weighted by Crippen LogP contribution is -2.33. The number of hydrogen-bond acceptors (Lipinski definition) is 3. The zero-order valence-electron chi connectivity index (χ0n) is 14.9. The molecule has 1 amide bonds. The van der Waals surface area contributed by atoms with Gasteiger partial charge in [0, 0.05) is 23.0 Å². The molecule has 0 saturated heterocycles. The molecule has 1 aliphatic rings. The van der Waals surface area contributed by atoms with E-state index in [0.29, 0.717) is 16.9 Å². The monoisotopic (exact) mass is 383 g/mol. The fourth-order valence-corrected chi connectivity index (χ4v) is 3.29. The first kappa shape index (κ1) is 18.0. The number of benzene rings is 2. The average Bonchev–Trinajstić information content (AvgIpc) is 2.94. The molecule has 3 aromatic rings. The van der Waals surface area contributed by atoms with E-state index in [0.717, 1.165) is 17.7 Å². The lowest BCUT2D eigenvalue weighted by molar-refractivity contribution is -0.137. The molecule has 0 unspecified atom stereocenters. The van der Waals surface area contributed by atoms with E-state index in [-0.39, 0.29) is 11.6 Å². The van der Waals surface area contributed by atoms with Crippen molar-refractivity contribution in [1.29, 1.82) is 0 Å². The maximum Gasteiger partial charge on any atom is 0.416 e. The molecular weight excluding hydrogens is 367 g/mol. The summed E-state index contributed by atoms with van der Waals surface area (Å²) in [6.45, 7) is 1.88. The molecule has 142 valence electrons. The quantitative estimate of drug-likeness (QED) is 0.678. The van der Waals surface area contributed by atoms with Gasteiger partial charge in [-0.2, -0.15) is 13.2 Å². The zero-order valence-corrected chi connectivity index (χ0v) is 14.9. The molecule has 0 fully saturated rings. The van der Waals surface area contributed by atoms with Crippen LogP contribution in [0, 0.1) is 6.92 Å². The molecular formula is C21H16F3N3O. The van der Waals surface area contributed by atoms with E-state index in [1.807, 2.05) is 13.0 Å². The molecule has 0 radical (unpaired) electrons. The second-order valence-corrected chi connectivity index (χ2v) is 6.58. The Morgan fingerprint density at radius 2 is 1.82 bits per heavy atom. The number of nitrogens with one attached hydrogen (secondary N) is 1. The van der Waals surface area contributed by atoms with E-state index in [2.05, 4.69) is 10.3 Å². The lowest BCUT2D eigenvalue weighted by Gasteiger charge is -2.26. The molecule has 28 heavy (non-hydrogen) atoms. The fourth-order valence-electron chi connectivity index (χ4n) is 3.29. The molecule has 1 atom stereocenters. The summed E-state index contributed by atoms with van der Waals surface area (Å²) in [6, 6.07) is 15.5. The van der Waals surface area contributed by atoms with Gasteiger partial charge in [-0.3, -0.25) is 9.69 Å². The fraction of sp³-hybridized carbons (Fsp3) is 0.143. The molecule has 7 heteroatoms. The minimum Gasteiger partial charge on any atom is -0.361 e. The predicted octanol–water partition coefficient (Wildman–Crippen LogP) is 5.18. The smallest absolute Gasteiger partial charge is 0.361 e. The van der Waals surface area contributed by atoms with Crippen molar-refractivity contribution < 1.29 is 18.0 Å². The van der Waals surface area contributed by atoms with E-state index in [9.17, 15) is 18.0 Å². The number of aryl methyl sites for hydroxylation is 1. The van der Waals surface area contributed by atoms with Crippen molar-refractivity contribution in [2.75, 3.05) is 10.2 Å². The van der Waals surface area contributed by atoms with E-state index in [1.165, 1.54) is 11.0 Å².